The van der Waals surface area contributed by atoms with E-state index in [2.05, 4.69) is 12.6 Å². The highest BCUT2D eigenvalue weighted by molar-refractivity contribution is 7.80. The Kier molecular flexibility index (Phi) is 5.50. The van der Waals surface area contributed by atoms with Crippen LogP contribution in [0.4, 0.5) is 0 Å². The average Bonchev–Trinajstić information content (AvgIpc) is 2.34. The molecule has 0 saturated carbocycles. The van der Waals surface area contributed by atoms with Crippen LogP contribution in [-0.4, -0.2) is 25.4 Å². The summed E-state index contributed by atoms with van der Waals surface area (Å²) in [6.45, 7) is 0.328. The molecule has 0 fully saturated rings. The lowest BCUT2D eigenvalue weighted by Crippen LogP contribution is -2.02. The summed E-state index contributed by atoms with van der Waals surface area (Å²) in [5.74, 6) is 0.960. The zero-order valence-corrected chi connectivity index (χ0v) is 9.94. The second-order valence-electron chi connectivity index (χ2n) is 3.00. The number of benzene rings is 1. The highest BCUT2D eigenvalue weighted by Crippen LogP contribution is 2.12. The normalized spacial score (nSPS) is 10.4. The molecule has 3 nitrogen and oxygen atoms in total. The van der Waals surface area contributed by atoms with E-state index < -0.39 is 0 Å². The van der Waals surface area contributed by atoms with E-state index in [9.17, 15) is 4.79 Å². The minimum Gasteiger partial charge on any atom is -0.497 e. The maximum atomic E-state index is 11.1. The van der Waals surface area contributed by atoms with Gasteiger partial charge in [-0.1, -0.05) is 12.1 Å². The molecule has 0 amide bonds. The second-order valence-corrected chi connectivity index (χ2v) is 3.44. The highest BCUT2D eigenvalue weighted by atomic mass is 32.1. The van der Waals surface area contributed by atoms with Crippen molar-refractivity contribution in [3.63, 3.8) is 0 Å². The average molecular weight is 238 g/mol. The maximum absolute atomic E-state index is 11.1. The number of carbonyl (C=O) groups excluding carboxylic acids is 1. The number of carbonyl (C=O) groups is 1. The van der Waals surface area contributed by atoms with E-state index in [4.69, 9.17) is 9.47 Å². The van der Waals surface area contributed by atoms with Crippen molar-refractivity contribution in [3.8, 4) is 5.75 Å². The summed E-state index contributed by atoms with van der Waals surface area (Å²) in [4.78, 5) is 11.1. The summed E-state index contributed by atoms with van der Waals surface area (Å²) >= 11 is 3.94. The third-order valence-electron chi connectivity index (χ3n) is 1.86. The molecule has 0 bridgehead atoms. The molecule has 1 aromatic rings. The standard InChI is InChI=1S/C12H14O3S/c1-14-11-5-2-10(3-6-11)4-7-12(13)15-8-9-16/h2-7,16H,8-9H2,1H3/b7-4+. The van der Waals surface area contributed by atoms with Gasteiger partial charge < -0.3 is 9.47 Å². The van der Waals surface area contributed by atoms with Crippen LogP contribution in [-0.2, 0) is 9.53 Å². The molecule has 0 heterocycles. The number of hydrogen-bond acceptors (Lipinski definition) is 4. The lowest BCUT2D eigenvalue weighted by Gasteiger charge is -1.99. The number of rotatable bonds is 5. The van der Waals surface area contributed by atoms with Crippen LogP contribution >= 0.6 is 12.6 Å². The van der Waals surface area contributed by atoms with Crippen LogP contribution in [0.5, 0.6) is 5.75 Å². The van der Waals surface area contributed by atoms with E-state index in [1.54, 1.807) is 13.2 Å². The molecule has 0 spiro atoms. The number of esters is 1. The Hall–Kier alpha value is -1.42. The van der Waals surface area contributed by atoms with Crippen LogP contribution in [0.25, 0.3) is 6.08 Å². The van der Waals surface area contributed by atoms with E-state index in [1.807, 2.05) is 24.3 Å². The molecule has 0 N–H and O–H groups in total. The van der Waals surface area contributed by atoms with Gasteiger partial charge in [0.2, 0.25) is 0 Å². The molecule has 1 rings (SSSR count). The van der Waals surface area contributed by atoms with Gasteiger partial charge in [0, 0.05) is 11.8 Å². The van der Waals surface area contributed by atoms with E-state index in [-0.39, 0.29) is 5.97 Å². The summed E-state index contributed by atoms with van der Waals surface area (Å²) < 4.78 is 9.85. The predicted molar refractivity (Wildman–Crippen MR) is 66.8 cm³/mol. The molecular weight excluding hydrogens is 224 g/mol. The Morgan fingerprint density at radius 1 is 1.38 bits per heavy atom. The lowest BCUT2D eigenvalue weighted by molar-refractivity contribution is -0.137. The lowest BCUT2D eigenvalue weighted by atomic mass is 10.2. The van der Waals surface area contributed by atoms with Gasteiger partial charge in [-0.15, -0.1) is 0 Å². The minimum absolute atomic E-state index is 0.328. The predicted octanol–water partition coefficient (Wildman–Crippen LogP) is 2.18. The van der Waals surface area contributed by atoms with Crippen LogP contribution in [0.1, 0.15) is 5.56 Å². The summed E-state index contributed by atoms with van der Waals surface area (Å²) in [5.41, 5.74) is 0.920. The van der Waals surface area contributed by atoms with Crippen molar-refractivity contribution in [1.29, 1.82) is 0 Å². The quantitative estimate of drug-likeness (QED) is 0.485. The zero-order chi connectivity index (χ0) is 11.8. The molecular formula is C12H14O3S. The fraction of sp³-hybridized carbons (Fsp3) is 0.250. The van der Waals surface area contributed by atoms with Gasteiger partial charge >= 0.3 is 5.97 Å². The van der Waals surface area contributed by atoms with Crippen molar-refractivity contribution in [2.24, 2.45) is 0 Å². The monoisotopic (exact) mass is 238 g/mol. The van der Waals surface area contributed by atoms with Crippen LogP contribution < -0.4 is 4.74 Å². The van der Waals surface area contributed by atoms with Crippen LogP contribution in [0.2, 0.25) is 0 Å². The smallest absolute Gasteiger partial charge is 0.330 e. The fourth-order valence-electron chi connectivity index (χ4n) is 1.07. The Morgan fingerprint density at radius 2 is 2.06 bits per heavy atom. The van der Waals surface area contributed by atoms with Crippen LogP contribution in [0.3, 0.4) is 0 Å². The molecule has 1 aromatic carbocycles. The SMILES string of the molecule is COc1ccc(/C=C/C(=O)OCCS)cc1. The van der Waals surface area contributed by atoms with Crippen molar-refractivity contribution in [3.05, 3.63) is 35.9 Å². The molecule has 0 atom stereocenters. The van der Waals surface area contributed by atoms with E-state index in [1.165, 1.54) is 6.08 Å². The first-order chi connectivity index (χ1) is 7.76. The minimum atomic E-state index is -0.357. The highest BCUT2D eigenvalue weighted by Gasteiger charge is 1.95. The molecule has 86 valence electrons. The number of methoxy groups -OCH3 is 1. The third kappa shape index (κ3) is 4.40. The van der Waals surface area contributed by atoms with Crippen molar-refractivity contribution >= 4 is 24.7 Å². The first-order valence-corrected chi connectivity index (χ1v) is 5.49. The van der Waals surface area contributed by atoms with Gasteiger partial charge in [-0.25, -0.2) is 4.79 Å². The van der Waals surface area contributed by atoms with Gasteiger partial charge in [-0.05, 0) is 23.8 Å². The molecule has 0 unspecified atom stereocenters. The summed E-state index contributed by atoms with van der Waals surface area (Å²) in [7, 11) is 1.61. The van der Waals surface area contributed by atoms with Gasteiger partial charge in [0.15, 0.2) is 0 Å². The third-order valence-corrected chi connectivity index (χ3v) is 2.05. The van der Waals surface area contributed by atoms with Gasteiger partial charge in [-0.3, -0.25) is 0 Å². The van der Waals surface area contributed by atoms with Gasteiger partial charge in [0.25, 0.3) is 0 Å². The first-order valence-electron chi connectivity index (χ1n) is 4.86. The Morgan fingerprint density at radius 3 is 2.62 bits per heavy atom. The van der Waals surface area contributed by atoms with E-state index >= 15 is 0 Å². The number of hydrogen-bond donors (Lipinski definition) is 1. The van der Waals surface area contributed by atoms with Crippen molar-refractivity contribution in [2.45, 2.75) is 0 Å². The van der Waals surface area contributed by atoms with Gasteiger partial charge in [0.05, 0.1) is 7.11 Å². The summed E-state index contributed by atoms with van der Waals surface area (Å²) in [6, 6.07) is 7.39. The Labute approximate surface area is 100 Å². The maximum Gasteiger partial charge on any atom is 0.330 e. The molecule has 0 aliphatic rings. The summed E-state index contributed by atoms with van der Waals surface area (Å²) in [6.07, 6.45) is 3.09. The number of ether oxygens (including phenoxy) is 2. The largest absolute Gasteiger partial charge is 0.497 e. The molecule has 0 radical (unpaired) electrons. The second kappa shape index (κ2) is 6.95. The van der Waals surface area contributed by atoms with E-state index in [0.717, 1.165) is 11.3 Å². The molecule has 0 aromatic heterocycles. The van der Waals surface area contributed by atoms with Crippen LogP contribution in [0, 0.1) is 0 Å². The molecule has 4 heteroatoms. The molecule has 0 aliphatic carbocycles. The van der Waals surface area contributed by atoms with Crippen molar-refractivity contribution in [1.82, 2.24) is 0 Å². The molecule has 16 heavy (non-hydrogen) atoms. The summed E-state index contributed by atoms with van der Waals surface area (Å²) in [5, 5.41) is 0. The van der Waals surface area contributed by atoms with Gasteiger partial charge in [0.1, 0.15) is 12.4 Å². The topological polar surface area (TPSA) is 35.5 Å². The van der Waals surface area contributed by atoms with Crippen molar-refractivity contribution < 1.29 is 14.3 Å². The van der Waals surface area contributed by atoms with E-state index in [0.29, 0.717) is 12.4 Å². The first kappa shape index (κ1) is 12.6. The van der Waals surface area contributed by atoms with Crippen molar-refractivity contribution in [2.75, 3.05) is 19.5 Å². The molecule has 0 saturated heterocycles. The Bertz CT molecular complexity index is 357. The zero-order valence-electron chi connectivity index (χ0n) is 9.05. The Balaban J connectivity index is 2.52. The molecule has 0 aliphatic heterocycles. The van der Waals surface area contributed by atoms with Gasteiger partial charge in [-0.2, -0.15) is 12.6 Å². The fourth-order valence-corrected chi connectivity index (χ4v) is 1.16. The van der Waals surface area contributed by atoms with Crippen LogP contribution in [0.15, 0.2) is 30.3 Å². The number of thiol groups is 1.